The molecule has 0 N–H and O–H groups in total. The average Bonchev–Trinajstić information content (AvgIpc) is 3.01. The van der Waals surface area contributed by atoms with E-state index in [0.717, 1.165) is 36.8 Å². The van der Waals surface area contributed by atoms with Gasteiger partial charge in [0.25, 0.3) is 0 Å². The van der Waals surface area contributed by atoms with Crippen LogP contribution in [0.2, 0.25) is 0 Å². The minimum Gasteiger partial charge on any atom is -0.431 e. The number of ether oxygens (including phenoxy) is 2. The summed E-state index contributed by atoms with van der Waals surface area (Å²) in [6.07, 6.45) is 3.54. The van der Waals surface area contributed by atoms with Crippen LogP contribution in [-0.4, -0.2) is 12.3 Å². The third kappa shape index (κ3) is 3.43. The highest BCUT2D eigenvalue weighted by Gasteiger charge is 2.21. The summed E-state index contributed by atoms with van der Waals surface area (Å²) in [5, 5.41) is 0. The molecule has 0 radical (unpaired) electrons. The van der Waals surface area contributed by atoms with Gasteiger partial charge in [0, 0.05) is 5.56 Å². The standard InChI is InChI=1S/C18H18O3/c19-18(20-15-10-4-5-11-15)21-17-13-7-6-12-16(17)14-8-2-1-3-9-14/h1-3,6-9,12-13,15H,4-5,10-11H2. The zero-order valence-corrected chi connectivity index (χ0v) is 11.8. The van der Waals surface area contributed by atoms with E-state index in [-0.39, 0.29) is 6.10 Å². The second-order valence-electron chi connectivity index (χ2n) is 5.24. The second-order valence-corrected chi connectivity index (χ2v) is 5.24. The molecule has 1 fully saturated rings. The number of carbonyl (C=O) groups is 1. The summed E-state index contributed by atoms with van der Waals surface area (Å²) in [5.74, 6) is 0.534. The summed E-state index contributed by atoms with van der Waals surface area (Å²) in [5.41, 5.74) is 1.91. The fourth-order valence-corrected chi connectivity index (χ4v) is 2.67. The molecule has 0 amide bonds. The van der Waals surface area contributed by atoms with Gasteiger partial charge in [0.1, 0.15) is 11.9 Å². The minimum atomic E-state index is -0.606. The first-order valence-electron chi connectivity index (χ1n) is 7.36. The molecule has 3 rings (SSSR count). The van der Waals surface area contributed by atoms with Gasteiger partial charge in [0.15, 0.2) is 0 Å². The molecule has 0 aromatic heterocycles. The zero-order chi connectivity index (χ0) is 14.5. The zero-order valence-electron chi connectivity index (χ0n) is 11.8. The molecule has 108 valence electrons. The van der Waals surface area contributed by atoms with Crippen LogP contribution in [0.5, 0.6) is 5.75 Å². The van der Waals surface area contributed by atoms with Crippen molar-refractivity contribution in [1.29, 1.82) is 0 Å². The van der Waals surface area contributed by atoms with Gasteiger partial charge in [0.05, 0.1) is 0 Å². The van der Waals surface area contributed by atoms with E-state index in [4.69, 9.17) is 9.47 Å². The predicted octanol–water partition coefficient (Wildman–Crippen LogP) is 4.81. The first-order valence-corrected chi connectivity index (χ1v) is 7.36. The fourth-order valence-electron chi connectivity index (χ4n) is 2.67. The Morgan fingerprint density at radius 3 is 2.33 bits per heavy atom. The summed E-state index contributed by atoms with van der Waals surface area (Å²) < 4.78 is 10.7. The van der Waals surface area contributed by atoms with E-state index in [0.29, 0.717) is 5.75 Å². The van der Waals surface area contributed by atoms with Gasteiger partial charge in [-0.3, -0.25) is 0 Å². The van der Waals surface area contributed by atoms with Crippen molar-refractivity contribution in [2.24, 2.45) is 0 Å². The molecule has 0 unspecified atom stereocenters. The number of carbonyl (C=O) groups excluding carboxylic acids is 1. The van der Waals surface area contributed by atoms with Crippen LogP contribution >= 0.6 is 0 Å². The topological polar surface area (TPSA) is 35.5 Å². The molecule has 2 aromatic carbocycles. The van der Waals surface area contributed by atoms with Crippen LogP contribution in [0.1, 0.15) is 25.7 Å². The molecular formula is C18H18O3. The second kappa shape index (κ2) is 6.44. The van der Waals surface area contributed by atoms with Gasteiger partial charge in [-0.25, -0.2) is 4.79 Å². The maximum atomic E-state index is 11.9. The van der Waals surface area contributed by atoms with Gasteiger partial charge in [-0.15, -0.1) is 0 Å². The van der Waals surface area contributed by atoms with E-state index in [9.17, 15) is 4.79 Å². The Hall–Kier alpha value is -2.29. The quantitative estimate of drug-likeness (QED) is 0.598. The summed E-state index contributed by atoms with van der Waals surface area (Å²) in [7, 11) is 0. The van der Waals surface area contributed by atoms with Crippen molar-refractivity contribution in [2.45, 2.75) is 31.8 Å². The Morgan fingerprint density at radius 1 is 0.905 bits per heavy atom. The smallest absolute Gasteiger partial charge is 0.431 e. The molecule has 0 bridgehead atoms. The Kier molecular flexibility index (Phi) is 4.20. The lowest BCUT2D eigenvalue weighted by atomic mass is 10.1. The highest BCUT2D eigenvalue weighted by Crippen LogP contribution is 2.30. The molecule has 0 saturated heterocycles. The van der Waals surface area contributed by atoms with Crippen molar-refractivity contribution < 1.29 is 14.3 Å². The summed E-state index contributed by atoms with van der Waals surface area (Å²) in [6, 6.07) is 17.4. The van der Waals surface area contributed by atoms with Gasteiger partial charge in [-0.05, 0) is 37.3 Å². The van der Waals surface area contributed by atoms with E-state index in [1.807, 2.05) is 48.5 Å². The van der Waals surface area contributed by atoms with Crippen molar-refractivity contribution in [1.82, 2.24) is 0 Å². The molecule has 21 heavy (non-hydrogen) atoms. The molecular weight excluding hydrogens is 264 g/mol. The van der Waals surface area contributed by atoms with Crippen molar-refractivity contribution in [3.05, 3.63) is 54.6 Å². The van der Waals surface area contributed by atoms with Crippen molar-refractivity contribution in [3.8, 4) is 16.9 Å². The lowest BCUT2D eigenvalue weighted by Gasteiger charge is -2.13. The van der Waals surface area contributed by atoms with Gasteiger partial charge in [0.2, 0.25) is 0 Å². The summed E-state index contributed by atoms with van der Waals surface area (Å²) in [4.78, 5) is 11.9. The minimum absolute atomic E-state index is 0.0152. The highest BCUT2D eigenvalue weighted by molar-refractivity contribution is 5.74. The van der Waals surface area contributed by atoms with Crippen LogP contribution in [0, 0.1) is 0 Å². The molecule has 0 aliphatic heterocycles. The van der Waals surface area contributed by atoms with E-state index in [2.05, 4.69) is 0 Å². The molecule has 0 atom stereocenters. The maximum absolute atomic E-state index is 11.9. The summed E-state index contributed by atoms with van der Waals surface area (Å²) >= 11 is 0. The van der Waals surface area contributed by atoms with Crippen LogP contribution < -0.4 is 4.74 Å². The van der Waals surface area contributed by atoms with Crippen LogP contribution in [-0.2, 0) is 4.74 Å². The van der Waals surface area contributed by atoms with Gasteiger partial charge < -0.3 is 9.47 Å². The Bertz CT molecular complexity index is 601. The van der Waals surface area contributed by atoms with Crippen LogP contribution in [0.4, 0.5) is 4.79 Å². The molecule has 1 saturated carbocycles. The third-order valence-corrected chi connectivity index (χ3v) is 3.73. The predicted molar refractivity (Wildman–Crippen MR) is 81.2 cm³/mol. The van der Waals surface area contributed by atoms with Crippen LogP contribution in [0.15, 0.2) is 54.6 Å². The van der Waals surface area contributed by atoms with E-state index < -0.39 is 6.16 Å². The number of rotatable bonds is 3. The van der Waals surface area contributed by atoms with Gasteiger partial charge >= 0.3 is 6.16 Å². The maximum Gasteiger partial charge on any atom is 0.514 e. The normalized spacial score (nSPS) is 14.9. The molecule has 3 heteroatoms. The SMILES string of the molecule is O=C(Oc1ccccc1-c1ccccc1)OC1CCCC1. The van der Waals surface area contributed by atoms with Crippen molar-refractivity contribution in [2.75, 3.05) is 0 Å². The third-order valence-electron chi connectivity index (χ3n) is 3.73. The Morgan fingerprint density at radius 2 is 1.57 bits per heavy atom. The van der Waals surface area contributed by atoms with E-state index in [1.165, 1.54) is 0 Å². The lowest BCUT2D eigenvalue weighted by molar-refractivity contribution is 0.0614. The monoisotopic (exact) mass is 282 g/mol. The first kappa shape index (κ1) is 13.7. The van der Waals surface area contributed by atoms with Gasteiger partial charge in [-0.1, -0.05) is 48.5 Å². The molecule has 3 nitrogen and oxygen atoms in total. The van der Waals surface area contributed by atoms with Crippen molar-refractivity contribution >= 4 is 6.16 Å². The Labute approximate surface area is 124 Å². The highest BCUT2D eigenvalue weighted by atomic mass is 16.7. The fraction of sp³-hybridized carbons (Fsp3) is 0.278. The molecule has 2 aromatic rings. The number of hydrogen-bond donors (Lipinski definition) is 0. The molecule has 0 heterocycles. The molecule has 0 spiro atoms. The van der Waals surface area contributed by atoms with Crippen LogP contribution in [0.25, 0.3) is 11.1 Å². The number of hydrogen-bond acceptors (Lipinski definition) is 3. The average molecular weight is 282 g/mol. The Balaban J connectivity index is 1.74. The lowest BCUT2D eigenvalue weighted by Crippen LogP contribution is -2.18. The number of benzene rings is 2. The first-order chi connectivity index (χ1) is 10.3. The van der Waals surface area contributed by atoms with Gasteiger partial charge in [-0.2, -0.15) is 0 Å². The summed E-state index contributed by atoms with van der Waals surface area (Å²) in [6.45, 7) is 0. The molecule has 1 aliphatic carbocycles. The largest absolute Gasteiger partial charge is 0.514 e. The van der Waals surface area contributed by atoms with Crippen molar-refractivity contribution in [3.63, 3.8) is 0 Å². The van der Waals surface area contributed by atoms with E-state index >= 15 is 0 Å². The van der Waals surface area contributed by atoms with E-state index in [1.54, 1.807) is 6.07 Å². The molecule has 1 aliphatic rings. The number of para-hydroxylation sites is 1. The van der Waals surface area contributed by atoms with Crippen LogP contribution in [0.3, 0.4) is 0 Å².